The second-order valence-electron chi connectivity index (χ2n) is 6.35. The first kappa shape index (κ1) is 20.6. The van der Waals surface area contributed by atoms with Crippen LogP contribution in [0.25, 0.3) is 0 Å². The van der Waals surface area contributed by atoms with E-state index in [1.807, 2.05) is 17.5 Å². The number of hydrogen-bond donors (Lipinski definition) is 1. The average molecular weight is 414 g/mol. The van der Waals surface area contributed by atoms with Gasteiger partial charge in [-0.15, -0.1) is 11.3 Å². The lowest BCUT2D eigenvalue weighted by molar-refractivity contribution is -0.139. The number of benzene rings is 1. The molecule has 0 spiro atoms. The third-order valence-electron chi connectivity index (χ3n) is 4.66. The van der Waals surface area contributed by atoms with E-state index in [1.54, 1.807) is 38.1 Å². The minimum Gasteiger partial charge on any atom is -0.465 e. The SMILES string of the molecule is CCOC(=O)C1=C(C)N(Cc2cccs2)C(=O)NC1c1ccccc1C(=O)OC. The van der Waals surface area contributed by atoms with Crippen LogP contribution in [0.5, 0.6) is 0 Å². The Kier molecular flexibility index (Phi) is 6.33. The van der Waals surface area contributed by atoms with Crippen molar-refractivity contribution >= 4 is 29.3 Å². The van der Waals surface area contributed by atoms with Gasteiger partial charge in [0.05, 0.1) is 37.4 Å². The highest BCUT2D eigenvalue weighted by atomic mass is 32.1. The molecule has 29 heavy (non-hydrogen) atoms. The summed E-state index contributed by atoms with van der Waals surface area (Å²) < 4.78 is 10.1. The fourth-order valence-corrected chi connectivity index (χ4v) is 3.97. The first-order valence-electron chi connectivity index (χ1n) is 9.13. The topological polar surface area (TPSA) is 84.9 Å². The molecule has 1 atom stereocenters. The molecule has 1 N–H and O–H groups in total. The maximum Gasteiger partial charge on any atom is 0.338 e. The number of esters is 2. The van der Waals surface area contributed by atoms with E-state index in [0.29, 0.717) is 23.4 Å². The van der Waals surface area contributed by atoms with Crippen LogP contribution in [0.4, 0.5) is 4.79 Å². The van der Waals surface area contributed by atoms with E-state index in [2.05, 4.69) is 5.32 Å². The largest absolute Gasteiger partial charge is 0.465 e. The van der Waals surface area contributed by atoms with Gasteiger partial charge in [-0.05, 0) is 36.9 Å². The number of hydrogen-bond acceptors (Lipinski definition) is 6. The zero-order valence-electron chi connectivity index (χ0n) is 16.4. The highest BCUT2D eigenvalue weighted by molar-refractivity contribution is 7.09. The lowest BCUT2D eigenvalue weighted by Gasteiger charge is -2.35. The maximum absolute atomic E-state index is 12.9. The van der Waals surface area contributed by atoms with Crippen molar-refractivity contribution in [1.82, 2.24) is 10.2 Å². The first-order valence-corrected chi connectivity index (χ1v) is 10.0. The van der Waals surface area contributed by atoms with Crippen molar-refractivity contribution in [2.24, 2.45) is 0 Å². The number of methoxy groups -OCH3 is 1. The molecule has 3 rings (SSSR count). The van der Waals surface area contributed by atoms with Crippen LogP contribution in [-0.4, -0.2) is 36.6 Å². The van der Waals surface area contributed by atoms with Crippen molar-refractivity contribution in [3.63, 3.8) is 0 Å². The lowest BCUT2D eigenvalue weighted by atomic mass is 9.91. The van der Waals surface area contributed by atoms with Crippen LogP contribution in [0.2, 0.25) is 0 Å². The van der Waals surface area contributed by atoms with E-state index in [9.17, 15) is 14.4 Å². The summed E-state index contributed by atoms with van der Waals surface area (Å²) in [5, 5.41) is 4.79. The predicted octanol–water partition coefficient (Wildman–Crippen LogP) is 3.64. The Morgan fingerprint density at radius 2 is 1.93 bits per heavy atom. The van der Waals surface area contributed by atoms with E-state index in [0.717, 1.165) is 4.88 Å². The molecule has 2 aromatic rings. The van der Waals surface area contributed by atoms with Crippen LogP contribution < -0.4 is 5.32 Å². The third kappa shape index (κ3) is 4.17. The molecule has 7 nitrogen and oxygen atoms in total. The summed E-state index contributed by atoms with van der Waals surface area (Å²) in [5.74, 6) is -1.08. The fraction of sp³-hybridized carbons (Fsp3) is 0.286. The van der Waals surface area contributed by atoms with Crippen LogP contribution in [0.15, 0.2) is 53.0 Å². The highest BCUT2D eigenvalue weighted by Crippen LogP contribution is 2.34. The number of thiophene rings is 1. The number of carbonyl (C=O) groups is 3. The molecular weight excluding hydrogens is 392 g/mol. The van der Waals surface area contributed by atoms with Gasteiger partial charge in [-0.1, -0.05) is 24.3 Å². The van der Waals surface area contributed by atoms with Crippen molar-refractivity contribution in [2.45, 2.75) is 26.4 Å². The van der Waals surface area contributed by atoms with Gasteiger partial charge in [0, 0.05) is 10.6 Å². The molecule has 0 fully saturated rings. The third-order valence-corrected chi connectivity index (χ3v) is 5.52. The molecule has 0 bridgehead atoms. The van der Waals surface area contributed by atoms with Crippen molar-refractivity contribution in [2.75, 3.05) is 13.7 Å². The average Bonchev–Trinajstić information content (AvgIpc) is 3.23. The highest BCUT2D eigenvalue weighted by Gasteiger charge is 2.38. The van der Waals surface area contributed by atoms with Gasteiger partial charge >= 0.3 is 18.0 Å². The zero-order chi connectivity index (χ0) is 21.0. The van der Waals surface area contributed by atoms with Crippen LogP contribution in [0, 0.1) is 0 Å². The summed E-state index contributed by atoms with van der Waals surface area (Å²) >= 11 is 1.53. The Bertz CT molecular complexity index is 952. The number of rotatable bonds is 6. The first-order chi connectivity index (χ1) is 14.0. The molecule has 0 aliphatic carbocycles. The smallest absolute Gasteiger partial charge is 0.338 e. The van der Waals surface area contributed by atoms with Crippen molar-refractivity contribution < 1.29 is 23.9 Å². The van der Waals surface area contributed by atoms with Gasteiger partial charge in [0.1, 0.15) is 0 Å². The van der Waals surface area contributed by atoms with E-state index >= 15 is 0 Å². The number of ether oxygens (including phenoxy) is 2. The molecule has 1 aliphatic heterocycles. The maximum atomic E-state index is 12.9. The molecule has 1 aromatic carbocycles. The molecule has 1 unspecified atom stereocenters. The summed E-state index contributed by atoms with van der Waals surface area (Å²) in [5.41, 5.74) is 1.54. The van der Waals surface area contributed by atoms with E-state index in [1.165, 1.54) is 23.3 Å². The minimum absolute atomic E-state index is 0.194. The number of allylic oxidation sites excluding steroid dienone is 1. The number of carbonyl (C=O) groups excluding carboxylic acids is 3. The van der Waals surface area contributed by atoms with Gasteiger partial charge in [-0.2, -0.15) is 0 Å². The van der Waals surface area contributed by atoms with Crippen LogP contribution in [-0.2, 0) is 20.8 Å². The van der Waals surface area contributed by atoms with Crippen molar-refractivity contribution in [3.05, 3.63) is 69.1 Å². The van der Waals surface area contributed by atoms with Crippen LogP contribution in [0.3, 0.4) is 0 Å². The number of urea groups is 1. The zero-order valence-corrected chi connectivity index (χ0v) is 17.2. The second kappa shape index (κ2) is 8.91. The van der Waals surface area contributed by atoms with Gasteiger partial charge in [-0.3, -0.25) is 4.90 Å². The Morgan fingerprint density at radius 1 is 1.17 bits per heavy atom. The number of nitrogens with zero attached hydrogens (tertiary/aromatic N) is 1. The minimum atomic E-state index is -0.823. The number of nitrogens with one attached hydrogen (secondary N) is 1. The second-order valence-corrected chi connectivity index (χ2v) is 7.38. The van der Waals surface area contributed by atoms with E-state index < -0.39 is 18.0 Å². The lowest BCUT2D eigenvalue weighted by Crippen LogP contribution is -2.47. The summed E-state index contributed by atoms with van der Waals surface area (Å²) in [4.78, 5) is 40.5. The molecular formula is C21H22N2O5S. The normalized spacial score (nSPS) is 16.4. The number of amides is 2. The quantitative estimate of drug-likeness (QED) is 0.730. The van der Waals surface area contributed by atoms with Gasteiger partial charge in [0.25, 0.3) is 0 Å². The van der Waals surface area contributed by atoms with Gasteiger partial charge in [0.15, 0.2) is 0 Å². The van der Waals surface area contributed by atoms with Gasteiger partial charge in [-0.25, -0.2) is 14.4 Å². The summed E-state index contributed by atoms with van der Waals surface area (Å²) in [6, 6.07) is 9.39. The molecule has 8 heteroatoms. The molecule has 2 amide bonds. The van der Waals surface area contributed by atoms with Gasteiger partial charge < -0.3 is 14.8 Å². The molecule has 0 saturated carbocycles. The predicted molar refractivity (Wildman–Crippen MR) is 108 cm³/mol. The molecule has 152 valence electrons. The monoisotopic (exact) mass is 414 g/mol. The van der Waals surface area contributed by atoms with Crippen LogP contribution in [0.1, 0.15) is 40.7 Å². The summed E-state index contributed by atoms with van der Waals surface area (Å²) in [6.45, 7) is 3.96. The van der Waals surface area contributed by atoms with Crippen LogP contribution >= 0.6 is 11.3 Å². The molecule has 1 aliphatic rings. The van der Waals surface area contributed by atoms with E-state index in [4.69, 9.17) is 9.47 Å². The summed E-state index contributed by atoms with van der Waals surface area (Å²) in [6.07, 6.45) is 0. The Morgan fingerprint density at radius 3 is 2.59 bits per heavy atom. The molecule has 2 heterocycles. The fourth-order valence-electron chi connectivity index (χ4n) is 3.28. The summed E-state index contributed by atoms with van der Waals surface area (Å²) in [7, 11) is 1.29. The van der Waals surface area contributed by atoms with Crippen molar-refractivity contribution in [3.8, 4) is 0 Å². The van der Waals surface area contributed by atoms with E-state index in [-0.39, 0.29) is 18.2 Å². The van der Waals surface area contributed by atoms with Crippen molar-refractivity contribution in [1.29, 1.82) is 0 Å². The van der Waals surface area contributed by atoms with Gasteiger partial charge in [0.2, 0.25) is 0 Å². The Hall–Kier alpha value is -3.13. The standard InChI is InChI=1S/C21H22N2O5S/c1-4-28-20(25)17-13(2)23(12-14-8-7-11-29-14)21(26)22-18(17)15-9-5-6-10-16(15)19(24)27-3/h5-11,18H,4,12H2,1-3H3,(H,22,26). The Balaban J connectivity index is 2.10. The molecule has 0 radical (unpaired) electrons. The molecule has 1 aromatic heterocycles. The Labute approximate surface area is 172 Å². The molecule has 0 saturated heterocycles.